The van der Waals surface area contributed by atoms with Crippen molar-refractivity contribution in [1.82, 2.24) is 19.7 Å². The average Bonchev–Trinajstić information content (AvgIpc) is 3.16. The number of ether oxygens (including phenoxy) is 2. The van der Waals surface area contributed by atoms with Crippen LogP contribution in [0.25, 0.3) is 11.4 Å². The molecule has 8 heteroatoms. The summed E-state index contributed by atoms with van der Waals surface area (Å²) in [5, 5.41) is 18.4. The first kappa shape index (κ1) is 18.8. The predicted molar refractivity (Wildman–Crippen MR) is 106 cm³/mol. The number of phenols is 1. The van der Waals surface area contributed by atoms with Gasteiger partial charge < -0.3 is 19.5 Å². The van der Waals surface area contributed by atoms with E-state index in [4.69, 9.17) is 9.47 Å². The molecule has 1 atom stereocenters. The zero-order valence-electron chi connectivity index (χ0n) is 16.5. The smallest absolute Gasteiger partial charge is 0.246 e. The highest BCUT2D eigenvalue weighted by molar-refractivity contribution is 5.82. The number of nitrogens with zero attached hydrogens (tertiary/aromatic N) is 4. The Morgan fingerprint density at radius 3 is 2.55 bits per heavy atom. The van der Waals surface area contributed by atoms with Crippen molar-refractivity contribution in [3.05, 3.63) is 53.9 Å². The van der Waals surface area contributed by atoms with Crippen molar-refractivity contribution in [1.29, 1.82) is 0 Å². The Hall–Kier alpha value is -3.55. The van der Waals surface area contributed by atoms with Crippen LogP contribution in [0.3, 0.4) is 0 Å². The van der Waals surface area contributed by atoms with E-state index in [1.807, 2.05) is 35.8 Å². The van der Waals surface area contributed by atoms with Gasteiger partial charge in [-0.25, -0.2) is 0 Å². The van der Waals surface area contributed by atoms with E-state index in [1.165, 1.54) is 7.11 Å². The quantitative estimate of drug-likeness (QED) is 0.716. The lowest BCUT2D eigenvalue weighted by molar-refractivity contribution is -0.137. The molecule has 29 heavy (non-hydrogen) atoms. The minimum Gasteiger partial charge on any atom is -0.504 e. The van der Waals surface area contributed by atoms with Gasteiger partial charge in [-0.05, 0) is 42.8 Å². The van der Waals surface area contributed by atoms with Crippen molar-refractivity contribution in [2.45, 2.75) is 26.1 Å². The molecule has 1 aliphatic rings. The summed E-state index contributed by atoms with van der Waals surface area (Å²) in [4.78, 5) is 14.8. The summed E-state index contributed by atoms with van der Waals surface area (Å²) < 4.78 is 12.2. The normalized spacial score (nSPS) is 15.9. The average molecular weight is 394 g/mol. The van der Waals surface area contributed by atoms with Gasteiger partial charge in [0, 0.05) is 12.1 Å². The number of carbonyl (C=O) groups is 1. The molecule has 1 amide bonds. The number of fused-ring (bicyclic) bond motifs is 1. The van der Waals surface area contributed by atoms with Crippen LogP contribution in [0.15, 0.2) is 42.5 Å². The number of aromatic hydroxyl groups is 1. The van der Waals surface area contributed by atoms with Crippen LogP contribution in [0.1, 0.15) is 24.4 Å². The number of rotatable bonds is 5. The van der Waals surface area contributed by atoms with Crippen LogP contribution in [-0.2, 0) is 17.9 Å². The number of methoxy groups -OCH3 is 2. The van der Waals surface area contributed by atoms with E-state index in [1.54, 1.807) is 30.2 Å². The minimum absolute atomic E-state index is 0.000103. The Bertz CT molecular complexity index is 1050. The van der Waals surface area contributed by atoms with Gasteiger partial charge in [-0.2, -0.15) is 0 Å². The van der Waals surface area contributed by atoms with Crippen LogP contribution < -0.4 is 9.47 Å². The lowest BCUT2D eigenvalue weighted by atomic mass is 10.1. The Balaban J connectivity index is 1.63. The van der Waals surface area contributed by atoms with E-state index < -0.39 is 6.04 Å². The molecule has 0 saturated carbocycles. The predicted octanol–water partition coefficient (Wildman–Crippen LogP) is 2.77. The highest BCUT2D eigenvalue weighted by Gasteiger charge is 2.33. The first-order valence-corrected chi connectivity index (χ1v) is 9.24. The maximum absolute atomic E-state index is 13.0. The third-order valence-corrected chi connectivity index (χ3v) is 5.13. The SMILES string of the molecule is COc1ccc(CN2Cc3nnc(-c4ccc(O)c(OC)c4)n3[C@@H](C)C2=O)cc1. The van der Waals surface area contributed by atoms with Gasteiger partial charge in [-0.3, -0.25) is 9.36 Å². The van der Waals surface area contributed by atoms with E-state index in [0.29, 0.717) is 30.5 Å². The summed E-state index contributed by atoms with van der Waals surface area (Å²) >= 11 is 0. The lowest BCUT2D eigenvalue weighted by Crippen LogP contribution is -2.41. The van der Waals surface area contributed by atoms with Crippen molar-refractivity contribution in [2.24, 2.45) is 0 Å². The fourth-order valence-electron chi connectivity index (χ4n) is 3.56. The summed E-state index contributed by atoms with van der Waals surface area (Å²) in [6.07, 6.45) is 0. The Morgan fingerprint density at radius 2 is 1.86 bits per heavy atom. The van der Waals surface area contributed by atoms with Gasteiger partial charge in [0.05, 0.1) is 20.8 Å². The zero-order valence-corrected chi connectivity index (χ0v) is 16.5. The van der Waals surface area contributed by atoms with E-state index in [0.717, 1.165) is 16.9 Å². The maximum Gasteiger partial charge on any atom is 0.246 e. The molecule has 1 N–H and O–H groups in total. The Morgan fingerprint density at radius 1 is 1.10 bits per heavy atom. The van der Waals surface area contributed by atoms with E-state index >= 15 is 0 Å². The maximum atomic E-state index is 13.0. The van der Waals surface area contributed by atoms with Crippen molar-refractivity contribution in [3.63, 3.8) is 0 Å². The first-order chi connectivity index (χ1) is 14.0. The van der Waals surface area contributed by atoms with Gasteiger partial charge in [0.1, 0.15) is 11.8 Å². The summed E-state index contributed by atoms with van der Waals surface area (Å²) in [5.41, 5.74) is 1.74. The van der Waals surface area contributed by atoms with E-state index in [9.17, 15) is 9.90 Å². The zero-order chi connectivity index (χ0) is 20.5. The van der Waals surface area contributed by atoms with Crippen molar-refractivity contribution >= 4 is 5.91 Å². The van der Waals surface area contributed by atoms with Gasteiger partial charge in [0.15, 0.2) is 23.1 Å². The van der Waals surface area contributed by atoms with Gasteiger partial charge in [-0.15, -0.1) is 10.2 Å². The second-order valence-electron chi connectivity index (χ2n) is 6.91. The molecule has 3 aromatic rings. The number of aromatic nitrogens is 3. The molecule has 8 nitrogen and oxygen atoms in total. The standard InChI is InChI=1S/C21H22N4O4/c1-13-21(27)24(11-14-4-7-16(28-2)8-5-14)12-19-22-23-20(25(13)19)15-6-9-17(26)18(10-15)29-3/h4-10,13,26H,11-12H2,1-3H3/t13-/m0/s1. The molecule has 0 bridgehead atoms. The number of amides is 1. The van der Waals surface area contributed by atoms with Crippen molar-refractivity contribution in [3.8, 4) is 28.6 Å². The molecule has 0 fully saturated rings. The number of hydrogen-bond donors (Lipinski definition) is 1. The number of hydrogen-bond acceptors (Lipinski definition) is 6. The largest absolute Gasteiger partial charge is 0.504 e. The minimum atomic E-state index is -0.443. The molecule has 4 rings (SSSR count). The van der Waals surface area contributed by atoms with Crippen LogP contribution in [-0.4, -0.2) is 44.9 Å². The third-order valence-electron chi connectivity index (χ3n) is 5.13. The molecule has 0 spiro atoms. The van der Waals surface area contributed by atoms with Gasteiger partial charge >= 0.3 is 0 Å². The second kappa shape index (κ2) is 7.46. The molecule has 0 radical (unpaired) electrons. The van der Waals surface area contributed by atoms with E-state index in [2.05, 4.69) is 10.2 Å². The molecule has 150 valence electrons. The summed E-state index contributed by atoms with van der Waals surface area (Å²) in [7, 11) is 3.11. The molecule has 0 unspecified atom stereocenters. The summed E-state index contributed by atoms with van der Waals surface area (Å²) in [6, 6.07) is 12.2. The Labute approximate surface area is 168 Å². The fraction of sp³-hybridized carbons (Fsp3) is 0.286. The van der Waals surface area contributed by atoms with Gasteiger partial charge in [-0.1, -0.05) is 12.1 Å². The van der Waals surface area contributed by atoms with Crippen LogP contribution in [0.4, 0.5) is 0 Å². The van der Waals surface area contributed by atoms with Gasteiger partial charge in [0.25, 0.3) is 0 Å². The molecule has 2 heterocycles. The fourth-order valence-corrected chi connectivity index (χ4v) is 3.56. The molecular formula is C21H22N4O4. The highest BCUT2D eigenvalue weighted by atomic mass is 16.5. The van der Waals surface area contributed by atoms with E-state index in [-0.39, 0.29) is 11.7 Å². The highest BCUT2D eigenvalue weighted by Crippen LogP contribution is 2.34. The number of carbonyl (C=O) groups excluding carboxylic acids is 1. The Kier molecular flexibility index (Phi) is 4.84. The molecule has 2 aromatic carbocycles. The number of benzene rings is 2. The van der Waals surface area contributed by atoms with Crippen molar-refractivity contribution in [2.75, 3.05) is 14.2 Å². The summed E-state index contributed by atoms with van der Waals surface area (Å²) in [5.74, 6) is 2.46. The van der Waals surface area contributed by atoms with Crippen LogP contribution >= 0.6 is 0 Å². The molecule has 0 aliphatic carbocycles. The number of phenolic OH excluding ortho intramolecular Hbond substituents is 1. The molecule has 0 saturated heterocycles. The summed E-state index contributed by atoms with van der Waals surface area (Å²) in [6.45, 7) is 2.70. The van der Waals surface area contributed by atoms with Crippen molar-refractivity contribution < 1.29 is 19.4 Å². The van der Waals surface area contributed by atoms with Crippen LogP contribution in [0, 0.1) is 0 Å². The topological polar surface area (TPSA) is 89.7 Å². The van der Waals surface area contributed by atoms with Crippen LogP contribution in [0.5, 0.6) is 17.2 Å². The second-order valence-corrected chi connectivity index (χ2v) is 6.91. The lowest BCUT2D eigenvalue weighted by Gasteiger charge is -2.32. The van der Waals surface area contributed by atoms with Crippen LogP contribution in [0.2, 0.25) is 0 Å². The third kappa shape index (κ3) is 3.37. The molecule has 1 aromatic heterocycles. The van der Waals surface area contributed by atoms with Gasteiger partial charge in [0.2, 0.25) is 5.91 Å². The molecular weight excluding hydrogens is 372 g/mol. The first-order valence-electron chi connectivity index (χ1n) is 9.24. The monoisotopic (exact) mass is 394 g/mol. The molecule has 1 aliphatic heterocycles.